The van der Waals surface area contributed by atoms with Gasteiger partial charge in [-0.1, -0.05) is 25.3 Å². The fourth-order valence-corrected chi connectivity index (χ4v) is 3.93. The molecule has 0 heterocycles. The Labute approximate surface area is 159 Å². The predicted octanol–water partition coefficient (Wildman–Crippen LogP) is 4.45. The van der Waals surface area contributed by atoms with E-state index in [1.807, 2.05) is 26.0 Å². The van der Waals surface area contributed by atoms with Gasteiger partial charge in [-0.15, -0.1) is 0 Å². The largest absolute Gasteiger partial charge is 0.350 e. The highest BCUT2D eigenvalue weighted by Gasteiger charge is 2.14. The zero-order valence-electron chi connectivity index (χ0n) is 17.0. The van der Waals surface area contributed by atoms with Crippen LogP contribution in [-0.4, -0.2) is 31.4 Å². The van der Waals surface area contributed by atoms with Gasteiger partial charge in [0.05, 0.1) is 11.0 Å². The fraction of sp³-hybridized carbons (Fsp3) is 0.667. The van der Waals surface area contributed by atoms with Gasteiger partial charge in [0.25, 0.3) is 5.91 Å². The average molecular weight is 382 g/mol. The summed E-state index contributed by atoms with van der Waals surface area (Å²) in [5.74, 6) is 0.287. The summed E-state index contributed by atoms with van der Waals surface area (Å²) in [5, 5.41) is 2.65. The van der Waals surface area contributed by atoms with Crippen molar-refractivity contribution < 1.29 is 13.2 Å². The SMILES string of the molecule is Cc1cc(C(=O)NC(C)C)ccc1CCCCCCCS(=O)(=O)C(C)C. The molecule has 4 nitrogen and oxygen atoms in total. The number of aryl methyl sites for hydroxylation is 2. The third kappa shape index (κ3) is 7.90. The van der Waals surface area contributed by atoms with Crippen molar-refractivity contribution in [3.63, 3.8) is 0 Å². The minimum absolute atomic E-state index is 0.0222. The van der Waals surface area contributed by atoms with E-state index in [2.05, 4.69) is 18.3 Å². The molecule has 0 spiro atoms. The van der Waals surface area contributed by atoms with Crippen molar-refractivity contribution in [1.82, 2.24) is 5.32 Å². The summed E-state index contributed by atoms with van der Waals surface area (Å²) < 4.78 is 23.5. The molecule has 1 amide bonds. The van der Waals surface area contributed by atoms with Crippen LogP contribution in [0.5, 0.6) is 0 Å². The highest BCUT2D eigenvalue weighted by molar-refractivity contribution is 7.91. The zero-order valence-corrected chi connectivity index (χ0v) is 17.8. The van der Waals surface area contributed by atoms with Crippen LogP contribution in [0.4, 0.5) is 0 Å². The molecule has 0 bridgehead atoms. The summed E-state index contributed by atoms with van der Waals surface area (Å²) >= 11 is 0. The summed E-state index contributed by atoms with van der Waals surface area (Å²) in [6, 6.07) is 6.05. The molecule has 0 fully saturated rings. The third-order valence-electron chi connectivity index (χ3n) is 4.62. The monoisotopic (exact) mass is 381 g/mol. The molecular formula is C21H35NO3S. The van der Waals surface area contributed by atoms with E-state index in [1.54, 1.807) is 13.8 Å². The Kier molecular flexibility index (Phi) is 9.34. The standard InChI is InChI=1S/C21H35NO3S/c1-16(2)22-21(23)20-13-12-19(18(5)15-20)11-9-7-6-8-10-14-26(24,25)17(3)4/h12-13,15-17H,6-11,14H2,1-5H3,(H,22,23). The van der Waals surface area contributed by atoms with Crippen LogP contribution in [0, 0.1) is 6.92 Å². The van der Waals surface area contributed by atoms with Crippen LogP contribution < -0.4 is 5.32 Å². The van der Waals surface area contributed by atoms with Gasteiger partial charge in [0, 0.05) is 11.6 Å². The molecule has 5 heteroatoms. The van der Waals surface area contributed by atoms with Crippen molar-refractivity contribution in [1.29, 1.82) is 0 Å². The van der Waals surface area contributed by atoms with Gasteiger partial charge in [0.1, 0.15) is 0 Å². The second-order valence-corrected chi connectivity index (χ2v) is 10.4. The summed E-state index contributed by atoms with van der Waals surface area (Å²) in [7, 11) is -2.89. The van der Waals surface area contributed by atoms with E-state index in [9.17, 15) is 13.2 Å². The van der Waals surface area contributed by atoms with Crippen LogP contribution >= 0.6 is 0 Å². The number of rotatable bonds is 11. The Morgan fingerprint density at radius 2 is 1.62 bits per heavy atom. The number of benzene rings is 1. The second kappa shape index (κ2) is 10.7. The highest BCUT2D eigenvalue weighted by atomic mass is 32.2. The second-order valence-electron chi connectivity index (χ2n) is 7.70. The van der Waals surface area contributed by atoms with E-state index in [0.29, 0.717) is 11.3 Å². The molecule has 1 N–H and O–H groups in total. The van der Waals surface area contributed by atoms with Crippen LogP contribution in [0.15, 0.2) is 18.2 Å². The van der Waals surface area contributed by atoms with Crippen LogP contribution in [-0.2, 0) is 16.3 Å². The molecule has 0 unspecified atom stereocenters. The van der Waals surface area contributed by atoms with Crippen molar-refractivity contribution in [3.05, 3.63) is 34.9 Å². The number of sulfone groups is 1. The average Bonchev–Trinajstić information content (AvgIpc) is 2.54. The summed E-state index contributed by atoms with van der Waals surface area (Å²) in [6.45, 7) is 9.46. The highest BCUT2D eigenvalue weighted by Crippen LogP contribution is 2.16. The Morgan fingerprint density at radius 3 is 2.19 bits per heavy atom. The quantitative estimate of drug-likeness (QED) is 0.576. The molecule has 0 aliphatic carbocycles. The van der Waals surface area contributed by atoms with Crippen molar-refractivity contribution in [2.24, 2.45) is 0 Å². The number of unbranched alkanes of at least 4 members (excludes halogenated alkanes) is 4. The van der Waals surface area contributed by atoms with Gasteiger partial charge in [-0.2, -0.15) is 0 Å². The van der Waals surface area contributed by atoms with Gasteiger partial charge in [-0.25, -0.2) is 8.42 Å². The molecule has 26 heavy (non-hydrogen) atoms. The molecule has 1 aromatic rings. The maximum atomic E-state index is 12.0. The number of carbonyl (C=O) groups excluding carboxylic acids is 1. The van der Waals surface area contributed by atoms with Crippen molar-refractivity contribution in [2.45, 2.75) is 84.4 Å². The first-order valence-electron chi connectivity index (χ1n) is 9.75. The van der Waals surface area contributed by atoms with E-state index < -0.39 is 9.84 Å². The first-order valence-corrected chi connectivity index (χ1v) is 11.5. The molecular weight excluding hydrogens is 346 g/mol. The van der Waals surface area contributed by atoms with Crippen molar-refractivity contribution in [3.8, 4) is 0 Å². The summed E-state index contributed by atoms with van der Waals surface area (Å²) in [5.41, 5.74) is 3.16. The Bertz CT molecular complexity index is 678. The van der Waals surface area contributed by atoms with E-state index in [4.69, 9.17) is 0 Å². The van der Waals surface area contributed by atoms with E-state index in [1.165, 1.54) is 5.56 Å². The maximum absolute atomic E-state index is 12.0. The normalized spacial score (nSPS) is 12.0. The number of carbonyl (C=O) groups is 1. The van der Waals surface area contributed by atoms with Crippen LogP contribution in [0.1, 0.15) is 81.3 Å². The summed E-state index contributed by atoms with van der Waals surface area (Å²) in [6.07, 6.45) is 6.01. The molecule has 0 aromatic heterocycles. The first-order chi connectivity index (χ1) is 12.1. The molecule has 0 radical (unpaired) electrons. The van der Waals surface area contributed by atoms with E-state index in [0.717, 1.165) is 44.1 Å². The predicted molar refractivity (Wildman–Crippen MR) is 109 cm³/mol. The molecule has 0 saturated carbocycles. The lowest BCUT2D eigenvalue weighted by Crippen LogP contribution is -2.30. The minimum atomic E-state index is -2.89. The van der Waals surface area contributed by atoms with E-state index >= 15 is 0 Å². The Hall–Kier alpha value is -1.36. The van der Waals surface area contributed by atoms with Gasteiger partial charge in [-0.3, -0.25) is 4.79 Å². The lowest BCUT2D eigenvalue weighted by atomic mass is 9.99. The third-order valence-corrected chi connectivity index (χ3v) is 6.91. The molecule has 148 valence electrons. The number of hydrogen-bond donors (Lipinski definition) is 1. The van der Waals surface area contributed by atoms with Crippen LogP contribution in [0.2, 0.25) is 0 Å². The van der Waals surface area contributed by atoms with Gasteiger partial charge >= 0.3 is 0 Å². The molecule has 0 atom stereocenters. The van der Waals surface area contributed by atoms with Crippen LogP contribution in [0.3, 0.4) is 0 Å². The first kappa shape index (κ1) is 22.7. The lowest BCUT2D eigenvalue weighted by molar-refractivity contribution is 0.0943. The van der Waals surface area contributed by atoms with E-state index in [-0.39, 0.29) is 17.2 Å². The Morgan fingerprint density at radius 1 is 1.00 bits per heavy atom. The van der Waals surface area contributed by atoms with Gasteiger partial charge < -0.3 is 5.32 Å². The molecule has 1 aromatic carbocycles. The fourth-order valence-electron chi connectivity index (χ4n) is 2.85. The number of amides is 1. The lowest BCUT2D eigenvalue weighted by Gasteiger charge is -2.11. The molecule has 1 rings (SSSR count). The van der Waals surface area contributed by atoms with Gasteiger partial charge in [0.2, 0.25) is 0 Å². The van der Waals surface area contributed by atoms with Crippen molar-refractivity contribution >= 4 is 15.7 Å². The van der Waals surface area contributed by atoms with Gasteiger partial charge in [-0.05, 0) is 77.1 Å². The molecule has 0 saturated heterocycles. The number of hydrogen-bond acceptors (Lipinski definition) is 3. The minimum Gasteiger partial charge on any atom is -0.350 e. The van der Waals surface area contributed by atoms with Crippen LogP contribution in [0.25, 0.3) is 0 Å². The summed E-state index contributed by atoms with van der Waals surface area (Å²) in [4.78, 5) is 12.0. The Balaban J connectivity index is 2.32. The maximum Gasteiger partial charge on any atom is 0.251 e. The van der Waals surface area contributed by atoms with Crippen molar-refractivity contribution in [2.75, 3.05) is 5.75 Å². The zero-order chi connectivity index (χ0) is 19.7. The number of nitrogens with one attached hydrogen (secondary N) is 1. The van der Waals surface area contributed by atoms with Gasteiger partial charge in [0.15, 0.2) is 9.84 Å². The smallest absolute Gasteiger partial charge is 0.251 e. The molecule has 0 aliphatic heterocycles. The topological polar surface area (TPSA) is 63.2 Å². The molecule has 0 aliphatic rings.